The lowest BCUT2D eigenvalue weighted by molar-refractivity contribution is -0.123. The van der Waals surface area contributed by atoms with Gasteiger partial charge in [0.2, 0.25) is 0 Å². The smallest absolute Gasteiger partial charge is 0.293 e. The third kappa shape index (κ3) is 5.07. The molecule has 27 heavy (non-hydrogen) atoms. The number of carbonyl (C=O) groups is 2. The first-order valence-electron chi connectivity index (χ1n) is 8.00. The van der Waals surface area contributed by atoms with Crippen molar-refractivity contribution < 1.29 is 14.3 Å². The topological polar surface area (TPSA) is 46.6 Å². The summed E-state index contributed by atoms with van der Waals surface area (Å²) in [6.07, 6.45) is 1.75. The van der Waals surface area contributed by atoms with Crippen molar-refractivity contribution in [2.75, 3.05) is 6.61 Å². The van der Waals surface area contributed by atoms with Crippen LogP contribution >= 0.6 is 72.9 Å². The van der Waals surface area contributed by atoms with E-state index in [1.165, 1.54) is 4.90 Å². The summed E-state index contributed by atoms with van der Waals surface area (Å²) >= 11 is 8.83. The van der Waals surface area contributed by atoms with Gasteiger partial charge in [-0.15, -0.1) is 0 Å². The molecule has 2 amide bonds. The first-order chi connectivity index (χ1) is 12.9. The van der Waals surface area contributed by atoms with Crippen LogP contribution in [-0.4, -0.2) is 22.7 Å². The zero-order valence-corrected chi connectivity index (χ0v) is 20.9. The molecule has 140 valence electrons. The van der Waals surface area contributed by atoms with E-state index in [0.29, 0.717) is 11.5 Å². The van der Waals surface area contributed by atoms with Gasteiger partial charge in [0, 0.05) is 13.6 Å². The number of imide groups is 1. The maximum atomic E-state index is 12.8. The van der Waals surface area contributed by atoms with Crippen LogP contribution in [-0.2, 0) is 11.3 Å². The molecule has 1 heterocycles. The zero-order valence-electron chi connectivity index (χ0n) is 14.2. The van der Waals surface area contributed by atoms with Gasteiger partial charge in [-0.2, -0.15) is 0 Å². The number of benzene rings is 2. The summed E-state index contributed by atoms with van der Waals surface area (Å²) < 4.78 is 8.68. The number of hydrogen-bond acceptors (Lipinski definition) is 4. The molecule has 0 saturated carbocycles. The van der Waals surface area contributed by atoms with E-state index >= 15 is 0 Å². The Morgan fingerprint density at radius 1 is 1.22 bits per heavy atom. The summed E-state index contributed by atoms with van der Waals surface area (Å²) in [7, 11) is 0. The van der Waals surface area contributed by atoms with Crippen LogP contribution in [0.1, 0.15) is 18.1 Å². The summed E-state index contributed by atoms with van der Waals surface area (Å²) in [5, 5.41) is -0.260. The van der Waals surface area contributed by atoms with Gasteiger partial charge in [0.05, 0.1) is 21.6 Å². The monoisotopic (exact) mass is 669 g/mol. The van der Waals surface area contributed by atoms with Crippen LogP contribution in [0, 0.1) is 7.14 Å². The minimum atomic E-state index is -0.277. The van der Waals surface area contributed by atoms with Gasteiger partial charge in [0.25, 0.3) is 11.1 Å². The molecule has 3 rings (SSSR count). The minimum absolute atomic E-state index is 0.254. The first-order valence-corrected chi connectivity index (χ1v) is 11.8. The van der Waals surface area contributed by atoms with Crippen molar-refractivity contribution in [3.63, 3.8) is 0 Å². The molecule has 2 aromatic carbocycles. The van der Waals surface area contributed by atoms with Gasteiger partial charge in [0.1, 0.15) is 5.75 Å². The van der Waals surface area contributed by atoms with Gasteiger partial charge in [-0.05, 0) is 99.8 Å². The lowest BCUT2D eigenvalue weighted by Crippen LogP contribution is -2.27. The molecule has 2 aromatic rings. The van der Waals surface area contributed by atoms with E-state index < -0.39 is 0 Å². The van der Waals surface area contributed by atoms with Gasteiger partial charge < -0.3 is 4.74 Å². The first kappa shape index (κ1) is 21.1. The van der Waals surface area contributed by atoms with Crippen LogP contribution in [0.5, 0.6) is 5.75 Å². The third-order valence-corrected chi connectivity index (χ3v) is 6.54. The lowest BCUT2D eigenvalue weighted by Gasteiger charge is -2.13. The Hall–Kier alpha value is -0.590. The largest absolute Gasteiger partial charge is 0.492 e. The average Bonchev–Trinajstić information content (AvgIpc) is 2.85. The summed E-state index contributed by atoms with van der Waals surface area (Å²) in [5.41, 5.74) is 1.70. The van der Waals surface area contributed by atoms with E-state index in [0.717, 1.165) is 40.3 Å². The Labute approximate surface area is 197 Å². The van der Waals surface area contributed by atoms with Gasteiger partial charge >= 0.3 is 0 Å². The predicted molar refractivity (Wildman–Crippen MR) is 129 cm³/mol. The van der Waals surface area contributed by atoms with Crippen molar-refractivity contribution in [2.45, 2.75) is 13.5 Å². The molecular formula is C19H14BrI2NO3S. The van der Waals surface area contributed by atoms with Crippen LogP contribution in [0.2, 0.25) is 0 Å². The molecule has 1 aliphatic rings. The van der Waals surface area contributed by atoms with Crippen molar-refractivity contribution in [1.29, 1.82) is 0 Å². The molecule has 8 heteroatoms. The number of nitrogens with zero attached hydrogens (tertiary/aromatic N) is 1. The highest BCUT2D eigenvalue weighted by molar-refractivity contribution is 14.1. The van der Waals surface area contributed by atoms with Crippen molar-refractivity contribution in [3.8, 4) is 5.75 Å². The van der Waals surface area contributed by atoms with Crippen LogP contribution in [0.3, 0.4) is 0 Å². The molecule has 1 saturated heterocycles. The van der Waals surface area contributed by atoms with E-state index in [9.17, 15) is 9.59 Å². The highest BCUT2D eigenvalue weighted by Crippen LogP contribution is 2.37. The Morgan fingerprint density at radius 2 is 2.00 bits per heavy atom. The Bertz CT molecular complexity index is 949. The Morgan fingerprint density at radius 3 is 2.70 bits per heavy atom. The van der Waals surface area contributed by atoms with E-state index in [2.05, 4.69) is 61.1 Å². The highest BCUT2D eigenvalue weighted by Gasteiger charge is 2.35. The second-order valence-electron chi connectivity index (χ2n) is 5.64. The van der Waals surface area contributed by atoms with Gasteiger partial charge in [-0.3, -0.25) is 14.5 Å². The van der Waals surface area contributed by atoms with Gasteiger partial charge in [-0.25, -0.2) is 0 Å². The lowest BCUT2D eigenvalue weighted by atomic mass is 10.1. The standard InChI is InChI=1S/C19H14BrI2NO3S/c1-2-26-17-12(7-14(21)9-15(17)22)8-16-18(24)23(19(25)27-16)10-11-4-3-5-13(20)6-11/h3-9H,2,10H2,1H3/b16-8+. The van der Waals surface area contributed by atoms with Crippen LogP contribution in [0.25, 0.3) is 6.08 Å². The van der Waals surface area contributed by atoms with Crippen LogP contribution < -0.4 is 4.74 Å². The van der Waals surface area contributed by atoms with Crippen LogP contribution in [0.15, 0.2) is 45.8 Å². The van der Waals surface area contributed by atoms with E-state index in [1.807, 2.05) is 43.3 Å². The van der Waals surface area contributed by atoms with Gasteiger partial charge in [0.15, 0.2) is 0 Å². The van der Waals surface area contributed by atoms with E-state index in [1.54, 1.807) is 6.08 Å². The zero-order chi connectivity index (χ0) is 19.6. The summed E-state index contributed by atoms with van der Waals surface area (Å²) in [4.78, 5) is 26.9. The number of halogens is 3. The molecule has 0 bridgehead atoms. The molecule has 0 radical (unpaired) electrons. The molecule has 0 N–H and O–H groups in total. The van der Waals surface area contributed by atoms with E-state index in [-0.39, 0.29) is 17.7 Å². The SMILES string of the molecule is CCOc1c(I)cc(I)cc1/C=C1/SC(=O)N(Cc2cccc(Br)c2)C1=O. The second kappa shape index (κ2) is 9.27. The maximum absolute atomic E-state index is 12.8. The molecule has 0 spiro atoms. The van der Waals surface area contributed by atoms with Crippen LogP contribution in [0.4, 0.5) is 4.79 Å². The molecule has 0 atom stereocenters. The summed E-state index contributed by atoms with van der Waals surface area (Å²) in [6.45, 7) is 2.70. The molecular weight excluding hydrogens is 656 g/mol. The molecule has 0 aliphatic carbocycles. The number of hydrogen-bond donors (Lipinski definition) is 0. The van der Waals surface area contributed by atoms with Crippen molar-refractivity contribution >= 4 is 90.1 Å². The summed E-state index contributed by atoms with van der Waals surface area (Å²) in [5.74, 6) is 0.457. The number of carbonyl (C=O) groups excluding carboxylic acids is 2. The molecule has 1 aliphatic heterocycles. The fraction of sp³-hybridized carbons (Fsp3) is 0.158. The quantitative estimate of drug-likeness (QED) is 0.277. The summed E-state index contributed by atoms with van der Waals surface area (Å²) in [6, 6.07) is 11.6. The molecule has 0 unspecified atom stereocenters. The average molecular weight is 670 g/mol. The van der Waals surface area contributed by atoms with E-state index in [4.69, 9.17) is 4.74 Å². The predicted octanol–water partition coefficient (Wildman–Crippen LogP) is 6.29. The number of amides is 2. The normalized spacial score (nSPS) is 15.7. The molecule has 1 fully saturated rings. The number of thioether (sulfide) groups is 1. The highest BCUT2D eigenvalue weighted by atomic mass is 127. The van der Waals surface area contributed by atoms with Crippen molar-refractivity contribution in [1.82, 2.24) is 4.90 Å². The Balaban J connectivity index is 1.91. The Kier molecular flexibility index (Phi) is 7.25. The third-order valence-electron chi connectivity index (χ3n) is 3.72. The maximum Gasteiger partial charge on any atom is 0.293 e. The number of rotatable bonds is 5. The molecule has 4 nitrogen and oxygen atoms in total. The van der Waals surface area contributed by atoms with Crippen molar-refractivity contribution in [2.24, 2.45) is 0 Å². The number of ether oxygens (including phenoxy) is 1. The second-order valence-corrected chi connectivity index (χ2v) is 9.95. The van der Waals surface area contributed by atoms with Crippen molar-refractivity contribution in [3.05, 3.63) is 64.0 Å². The fourth-order valence-electron chi connectivity index (χ4n) is 2.58. The minimum Gasteiger partial charge on any atom is -0.492 e. The fourth-order valence-corrected chi connectivity index (χ4v) is 5.90. The van der Waals surface area contributed by atoms with Gasteiger partial charge in [-0.1, -0.05) is 28.1 Å². The molecule has 0 aromatic heterocycles.